The van der Waals surface area contributed by atoms with Crippen molar-refractivity contribution in [1.29, 1.82) is 0 Å². The smallest absolute Gasteiger partial charge is 0.0628 e. The maximum atomic E-state index is 4.25. The van der Waals surface area contributed by atoms with Gasteiger partial charge in [0.15, 0.2) is 0 Å². The van der Waals surface area contributed by atoms with Gasteiger partial charge in [0.2, 0.25) is 0 Å². The van der Waals surface area contributed by atoms with Crippen LogP contribution in [0.15, 0.2) is 0 Å². The molecule has 9 heteroatoms. The van der Waals surface area contributed by atoms with Gasteiger partial charge in [0, 0.05) is 43.0 Å². The average molecular weight is 727 g/mol. The van der Waals surface area contributed by atoms with E-state index in [1.807, 2.05) is 0 Å². The molecule has 0 amide bonds. The summed E-state index contributed by atoms with van der Waals surface area (Å²) in [6, 6.07) is 0. The van der Waals surface area contributed by atoms with E-state index in [1.54, 1.807) is 0 Å². The standard InChI is InChI=1S/C32H55N8.Lu/c1-2-10-18-17(9-1)25-33-26(18)38-28-21-13-5-6-14-22(21)30(35-28)40-32-24-16-8-7-15-23(24)31(36-32)39-29-20-12-4-3-11-19(20)27(34-29)37-25;/h9,17-40H,1-8,10-16H2;/q-1;. The predicted molar refractivity (Wildman–Crippen MR) is 157 cm³/mol. The van der Waals surface area contributed by atoms with Crippen LogP contribution in [0, 0.1) is 90.6 Å². The third-order valence-corrected chi connectivity index (χ3v) is 13.6. The summed E-state index contributed by atoms with van der Waals surface area (Å²) in [6.07, 6.45) is 26.4. The molecule has 9 rings (SSSR count). The molecule has 16 unspecified atom stereocenters. The quantitative estimate of drug-likeness (QED) is 0.181. The van der Waals surface area contributed by atoms with Gasteiger partial charge >= 0.3 is 0 Å². The second-order valence-corrected chi connectivity index (χ2v) is 15.4. The van der Waals surface area contributed by atoms with Crippen LogP contribution in [0.2, 0.25) is 0 Å². The summed E-state index contributed by atoms with van der Waals surface area (Å²) in [6.45, 7) is 0. The van der Waals surface area contributed by atoms with Crippen molar-refractivity contribution in [3.05, 3.63) is 6.42 Å². The molecule has 5 aliphatic heterocycles. The van der Waals surface area contributed by atoms with Crippen LogP contribution in [0.4, 0.5) is 0 Å². The molecular weight excluding hydrogens is 671 g/mol. The molecule has 0 spiro atoms. The third-order valence-electron chi connectivity index (χ3n) is 13.6. The van der Waals surface area contributed by atoms with E-state index in [4.69, 9.17) is 0 Å². The minimum absolute atomic E-state index is 0. The van der Waals surface area contributed by atoms with Gasteiger partial charge in [0.25, 0.3) is 0 Å². The van der Waals surface area contributed by atoms with Gasteiger partial charge in [-0.15, -0.1) is 5.92 Å². The molecule has 1 radical (unpaired) electrons. The molecule has 4 saturated carbocycles. The zero-order valence-electron chi connectivity index (χ0n) is 24.7. The van der Waals surface area contributed by atoms with Crippen LogP contribution in [-0.2, 0) is 0 Å². The van der Waals surface area contributed by atoms with Crippen molar-refractivity contribution in [1.82, 2.24) is 42.5 Å². The Morgan fingerprint density at radius 2 is 0.585 bits per heavy atom. The molecule has 9 fully saturated rings. The first kappa shape index (κ1) is 29.3. The number of nitrogens with one attached hydrogen (secondary N) is 8. The fraction of sp³-hybridized carbons (Fsp3) is 0.969. The summed E-state index contributed by atoms with van der Waals surface area (Å²) >= 11 is 0. The number of rotatable bonds is 0. The van der Waals surface area contributed by atoms with Crippen LogP contribution >= 0.6 is 0 Å². The number of hydrogen-bond donors (Lipinski definition) is 8. The van der Waals surface area contributed by atoms with Gasteiger partial charge in [-0.2, -0.15) is 6.42 Å². The van der Waals surface area contributed by atoms with Gasteiger partial charge in [0.05, 0.1) is 43.2 Å². The zero-order chi connectivity index (χ0) is 26.2. The van der Waals surface area contributed by atoms with Gasteiger partial charge in [-0.25, -0.2) is 0 Å². The minimum atomic E-state index is 0. The largest absolute Gasteiger partial charge is 0.322 e. The SMILES string of the molecule is [CH-]1CCCC2C3NC(NC4NC(NC5NC(NC6NC(N3)C3CCCCC63)C3CCCCC53)C3CCCCC43)C12.[Lu]. The van der Waals surface area contributed by atoms with E-state index < -0.39 is 0 Å². The Morgan fingerprint density at radius 3 is 0.927 bits per heavy atom. The van der Waals surface area contributed by atoms with Gasteiger partial charge in [-0.3, -0.25) is 42.5 Å². The summed E-state index contributed by atoms with van der Waals surface area (Å²) in [4.78, 5) is 0. The van der Waals surface area contributed by atoms with Gasteiger partial charge in [0.1, 0.15) is 0 Å². The molecule has 9 aliphatic rings. The summed E-state index contributed by atoms with van der Waals surface area (Å²) in [7, 11) is 0. The summed E-state index contributed by atoms with van der Waals surface area (Å²) in [5, 5.41) is 33.7. The molecule has 5 saturated heterocycles. The Kier molecular flexibility index (Phi) is 8.77. The van der Waals surface area contributed by atoms with Crippen molar-refractivity contribution in [2.75, 3.05) is 0 Å². The number of fused-ring (bicyclic) bond motifs is 20. The Morgan fingerprint density at radius 1 is 0.317 bits per heavy atom. The van der Waals surface area contributed by atoms with Crippen molar-refractivity contribution in [2.45, 2.75) is 146 Å². The average Bonchev–Trinajstić information content (AvgIpc) is 3.73. The molecule has 5 heterocycles. The van der Waals surface area contributed by atoms with Crippen LogP contribution in [0.3, 0.4) is 0 Å². The third kappa shape index (κ3) is 5.22. The van der Waals surface area contributed by atoms with E-state index in [2.05, 4.69) is 49.0 Å². The molecule has 8 N–H and O–H groups in total. The molecule has 8 bridgehead atoms. The molecule has 16 atom stereocenters. The number of hydrogen-bond acceptors (Lipinski definition) is 8. The second kappa shape index (κ2) is 12.3. The molecule has 0 aromatic heterocycles. The molecular formula is C32H55LuN8-. The van der Waals surface area contributed by atoms with E-state index in [9.17, 15) is 0 Å². The van der Waals surface area contributed by atoms with E-state index in [1.165, 1.54) is 96.3 Å². The van der Waals surface area contributed by atoms with Crippen molar-refractivity contribution < 1.29 is 36.9 Å². The van der Waals surface area contributed by atoms with Crippen LogP contribution in [-0.4, -0.2) is 49.3 Å². The van der Waals surface area contributed by atoms with Crippen molar-refractivity contribution in [2.24, 2.45) is 47.3 Å². The van der Waals surface area contributed by atoms with E-state index in [0.717, 1.165) is 35.5 Å². The minimum Gasteiger partial charge on any atom is -0.322 e. The van der Waals surface area contributed by atoms with Crippen LogP contribution < -0.4 is 42.5 Å². The van der Waals surface area contributed by atoms with Crippen LogP contribution in [0.1, 0.15) is 96.3 Å². The van der Waals surface area contributed by atoms with Crippen LogP contribution in [0.5, 0.6) is 0 Å². The summed E-state index contributed by atoms with van der Waals surface area (Å²) in [5.74, 6) is 5.74. The fourth-order valence-corrected chi connectivity index (χ4v) is 11.7. The first-order valence-electron chi connectivity index (χ1n) is 17.7. The molecule has 0 aromatic rings. The molecule has 0 aromatic carbocycles. The molecule has 41 heavy (non-hydrogen) atoms. The van der Waals surface area contributed by atoms with Gasteiger partial charge in [-0.1, -0.05) is 51.4 Å². The van der Waals surface area contributed by atoms with Crippen molar-refractivity contribution in [3.8, 4) is 0 Å². The summed E-state index contributed by atoms with van der Waals surface area (Å²) < 4.78 is 0. The first-order valence-corrected chi connectivity index (χ1v) is 17.7. The Balaban J connectivity index is 0.00000256. The molecule has 4 aliphatic carbocycles. The van der Waals surface area contributed by atoms with E-state index >= 15 is 0 Å². The molecule has 239 valence electrons. The second-order valence-electron chi connectivity index (χ2n) is 15.4. The molecule has 8 nitrogen and oxygen atoms in total. The van der Waals surface area contributed by atoms with Crippen LogP contribution in [0.25, 0.3) is 0 Å². The Bertz CT molecular complexity index is 716. The topological polar surface area (TPSA) is 96.2 Å². The Labute approximate surface area is 277 Å². The predicted octanol–water partition coefficient (Wildman–Crippen LogP) is 2.42. The van der Waals surface area contributed by atoms with Gasteiger partial charge < -0.3 is 6.42 Å². The van der Waals surface area contributed by atoms with E-state index in [-0.39, 0.29) is 36.9 Å². The van der Waals surface area contributed by atoms with Crippen molar-refractivity contribution in [3.63, 3.8) is 0 Å². The Hall–Kier alpha value is 0.914. The maximum Gasteiger partial charge on any atom is 0.0628 e. The fourth-order valence-electron chi connectivity index (χ4n) is 11.7. The summed E-state index contributed by atoms with van der Waals surface area (Å²) in [5.41, 5.74) is 0. The first-order chi connectivity index (χ1) is 19.8. The zero-order valence-corrected chi connectivity index (χ0v) is 26.3. The van der Waals surface area contributed by atoms with Gasteiger partial charge in [-0.05, 0) is 80.0 Å². The van der Waals surface area contributed by atoms with Crippen molar-refractivity contribution >= 4 is 0 Å². The normalized spacial score (nSPS) is 56.2. The monoisotopic (exact) mass is 726 g/mol. The maximum absolute atomic E-state index is 4.25. The van der Waals surface area contributed by atoms with E-state index in [0.29, 0.717) is 61.2 Å².